The lowest BCUT2D eigenvalue weighted by atomic mass is 9.96. The topological polar surface area (TPSA) is 67.6 Å². The third-order valence-corrected chi connectivity index (χ3v) is 4.45. The Hall–Kier alpha value is -2.34. The second kappa shape index (κ2) is 8.67. The second-order valence-corrected chi connectivity index (χ2v) is 6.49. The first-order chi connectivity index (χ1) is 12.2. The molecule has 1 unspecified atom stereocenters. The molecule has 3 rings (SSSR count). The van der Waals surface area contributed by atoms with Crippen molar-refractivity contribution in [1.82, 2.24) is 15.2 Å². The van der Waals surface area contributed by atoms with Gasteiger partial charge < -0.3 is 14.5 Å². The number of rotatable bonds is 7. The van der Waals surface area contributed by atoms with E-state index in [9.17, 15) is 4.79 Å². The van der Waals surface area contributed by atoms with E-state index in [2.05, 4.69) is 15.2 Å². The van der Waals surface area contributed by atoms with E-state index in [1.807, 2.05) is 31.2 Å². The minimum Gasteiger partial charge on any atom is -0.487 e. The number of carbonyl (C=O) groups excluding carboxylic acids is 1. The molecule has 3 heterocycles. The highest BCUT2D eigenvalue weighted by atomic mass is 16.5. The van der Waals surface area contributed by atoms with Crippen molar-refractivity contribution in [2.45, 2.75) is 32.4 Å². The highest BCUT2D eigenvalue weighted by molar-refractivity contribution is 5.78. The Labute approximate surface area is 148 Å². The number of nitrogens with zero attached hydrogens (tertiary/aromatic N) is 2. The normalized spacial score (nSPS) is 17.2. The fraction of sp³-hybridized carbons (Fsp3) is 0.474. The first kappa shape index (κ1) is 17.5. The standard InChI is InChI=1S/C19H25N3O3/c1-15(25-17-4-2-8-20-13-17)12-21-19(23)16-6-9-22(10-7-16)14-18-5-3-11-24-18/h2-5,8,11,13,15-16H,6-7,9-10,12,14H2,1H3,(H,21,23). The van der Waals surface area contributed by atoms with E-state index >= 15 is 0 Å². The third kappa shape index (κ3) is 5.32. The Morgan fingerprint density at radius 1 is 1.40 bits per heavy atom. The van der Waals surface area contributed by atoms with E-state index < -0.39 is 0 Å². The maximum absolute atomic E-state index is 12.4. The van der Waals surface area contributed by atoms with Crippen LogP contribution in [0.1, 0.15) is 25.5 Å². The van der Waals surface area contributed by atoms with Gasteiger partial charge in [-0.15, -0.1) is 0 Å². The van der Waals surface area contributed by atoms with Crippen LogP contribution in [0.4, 0.5) is 0 Å². The molecule has 1 aliphatic heterocycles. The van der Waals surface area contributed by atoms with Crippen LogP contribution in [0.25, 0.3) is 0 Å². The zero-order valence-corrected chi connectivity index (χ0v) is 14.6. The van der Waals surface area contributed by atoms with Crippen LogP contribution >= 0.6 is 0 Å². The maximum Gasteiger partial charge on any atom is 0.223 e. The molecule has 1 aliphatic rings. The molecule has 134 valence electrons. The molecule has 1 amide bonds. The monoisotopic (exact) mass is 343 g/mol. The number of pyridine rings is 1. The molecule has 0 saturated carbocycles. The molecule has 2 aromatic rings. The van der Waals surface area contributed by atoms with Gasteiger partial charge in [-0.2, -0.15) is 0 Å². The molecule has 0 aliphatic carbocycles. The minimum atomic E-state index is -0.0906. The quantitative estimate of drug-likeness (QED) is 0.836. The summed E-state index contributed by atoms with van der Waals surface area (Å²) in [7, 11) is 0. The second-order valence-electron chi connectivity index (χ2n) is 6.49. The van der Waals surface area contributed by atoms with Gasteiger partial charge in [-0.1, -0.05) is 0 Å². The largest absolute Gasteiger partial charge is 0.487 e. The van der Waals surface area contributed by atoms with Gasteiger partial charge in [0.15, 0.2) is 0 Å². The van der Waals surface area contributed by atoms with Gasteiger partial charge in [0.2, 0.25) is 5.91 Å². The van der Waals surface area contributed by atoms with Crippen molar-refractivity contribution >= 4 is 5.91 Å². The van der Waals surface area contributed by atoms with Crippen molar-refractivity contribution in [2.75, 3.05) is 19.6 Å². The molecule has 2 aromatic heterocycles. The lowest BCUT2D eigenvalue weighted by Gasteiger charge is -2.30. The van der Waals surface area contributed by atoms with E-state index in [-0.39, 0.29) is 17.9 Å². The zero-order valence-electron chi connectivity index (χ0n) is 14.6. The van der Waals surface area contributed by atoms with Crippen molar-refractivity contribution < 1.29 is 13.9 Å². The van der Waals surface area contributed by atoms with Crippen molar-refractivity contribution in [3.63, 3.8) is 0 Å². The summed E-state index contributed by atoms with van der Waals surface area (Å²) in [6.07, 6.45) is 6.75. The average molecular weight is 343 g/mol. The fourth-order valence-corrected chi connectivity index (χ4v) is 3.06. The number of carbonyl (C=O) groups is 1. The number of hydrogen-bond donors (Lipinski definition) is 1. The Bertz CT molecular complexity index is 637. The van der Waals surface area contributed by atoms with Crippen LogP contribution in [0.2, 0.25) is 0 Å². The van der Waals surface area contributed by atoms with Crippen molar-refractivity contribution in [1.29, 1.82) is 0 Å². The third-order valence-electron chi connectivity index (χ3n) is 4.45. The van der Waals surface area contributed by atoms with Gasteiger partial charge in [0.25, 0.3) is 0 Å². The van der Waals surface area contributed by atoms with Crippen LogP contribution in [0.5, 0.6) is 5.75 Å². The van der Waals surface area contributed by atoms with Gasteiger partial charge in [0.1, 0.15) is 17.6 Å². The van der Waals surface area contributed by atoms with Crippen LogP contribution < -0.4 is 10.1 Å². The van der Waals surface area contributed by atoms with Crippen molar-refractivity contribution in [3.8, 4) is 5.75 Å². The molecule has 1 N–H and O–H groups in total. The summed E-state index contributed by atoms with van der Waals surface area (Å²) in [4.78, 5) is 18.7. The van der Waals surface area contributed by atoms with Gasteiger partial charge in [-0.25, -0.2) is 0 Å². The molecule has 6 heteroatoms. The lowest BCUT2D eigenvalue weighted by Crippen LogP contribution is -2.42. The van der Waals surface area contributed by atoms with E-state index in [4.69, 9.17) is 9.15 Å². The van der Waals surface area contributed by atoms with Crippen LogP contribution in [-0.4, -0.2) is 41.5 Å². The highest BCUT2D eigenvalue weighted by Gasteiger charge is 2.25. The molecule has 0 bridgehead atoms. The summed E-state index contributed by atoms with van der Waals surface area (Å²) in [5.74, 6) is 1.90. The van der Waals surface area contributed by atoms with Crippen LogP contribution in [0.3, 0.4) is 0 Å². The molecule has 0 radical (unpaired) electrons. The molecule has 1 saturated heterocycles. The van der Waals surface area contributed by atoms with E-state index in [0.29, 0.717) is 6.54 Å². The molecule has 1 atom stereocenters. The molecular formula is C19H25N3O3. The summed E-state index contributed by atoms with van der Waals surface area (Å²) in [6, 6.07) is 7.59. The number of ether oxygens (including phenoxy) is 1. The summed E-state index contributed by atoms with van der Waals surface area (Å²) >= 11 is 0. The molecule has 1 fully saturated rings. The maximum atomic E-state index is 12.4. The number of amides is 1. The number of hydrogen-bond acceptors (Lipinski definition) is 5. The average Bonchev–Trinajstić information content (AvgIpc) is 3.14. The molecule has 0 spiro atoms. The first-order valence-electron chi connectivity index (χ1n) is 8.80. The summed E-state index contributed by atoms with van der Waals surface area (Å²) < 4.78 is 11.1. The Morgan fingerprint density at radius 3 is 2.92 bits per heavy atom. The highest BCUT2D eigenvalue weighted by Crippen LogP contribution is 2.19. The lowest BCUT2D eigenvalue weighted by molar-refractivity contribution is -0.126. The number of likely N-dealkylation sites (tertiary alicyclic amines) is 1. The summed E-state index contributed by atoms with van der Waals surface area (Å²) in [5, 5.41) is 3.01. The van der Waals surface area contributed by atoms with Gasteiger partial charge in [-0.05, 0) is 57.1 Å². The number of nitrogens with one attached hydrogen (secondary N) is 1. The zero-order chi connectivity index (χ0) is 17.5. The molecule has 25 heavy (non-hydrogen) atoms. The van der Waals surface area contributed by atoms with Gasteiger partial charge in [-0.3, -0.25) is 14.7 Å². The first-order valence-corrected chi connectivity index (χ1v) is 8.80. The van der Waals surface area contributed by atoms with E-state index in [1.165, 1.54) is 0 Å². The van der Waals surface area contributed by atoms with Crippen LogP contribution in [0.15, 0.2) is 47.3 Å². The SMILES string of the molecule is CC(CNC(=O)C1CCN(Cc2ccco2)CC1)Oc1cccnc1. The number of furan rings is 1. The summed E-state index contributed by atoms with van der Waals surface area (Å²) in [5.41, 5.74) is 0. The predicted octanol–water partition coefficient (Wildman–Crippen LogP) is 2.47. The van der Waals surface area contributed by atoms with Crippen molar-refractivity contribution in [3.05, 3.63) is 48.7 Å². The van der Waals surface area contributed by atoms with Gasteiger partial charge in [0.05, 0.1) is 25.5 Å². The smallest absolute Gasteiger partial charge is 0.223 e. The Balaban J connectivity index is 1.36. The predicted molar refractivity (Wildman–Crippen MR) is 94.0 cm³/mol. The van der Waals surface area contributed by atoms with Gasteiger partial charge in [0, 0.05) is 12.1 Å². The van der Waals surface area contributed by atoms with E-state index in [1.54, 1.807) is 18.7 Å². The molecule has 0 aromatic carbocycles. The number of piperidine rings is 1. The number of aromatic nitrogens is 1. The fourth-order valence-electron chi connectivity index (χ4n) is 3.06. The summed E-state index contributed by atoms with van der Waals surface area (Å²) in [6.45, 7) is 5.10. The molecule has 6 nitrogen and oxygen atoms in total. The Morgan fingerprint density at radius 2 is 2.24 bits per heavy atom. The van der Waals surface area contributed by atoms with E-state index in [0.717, 1.165) is 44.0 Å². The van der Waals surface area contributed by atoms with Crippen LogP contribution in [-0.2, 0) is 11.3 Å². The van der Waals surface area contributed by atoms with Crippen LogP contribution in [0, 0.1) is 5.92 Å². The Kier molecular flexibility index (Phi) is 6.06. The minimum absolute atomic E-state index is 0.0819. The van der Waals surface area contributed by atoms with Gasteiger partial charge >= 0.3 is 0 Å². The molecular weight excluding hydrogens is 318 g/mol. The van der Waals surface area contributed by atoms with Crippen molar-refractivity contribution in [2.24, 2.45) is 5.92 Å².